The summed E-state index contributed by atoms with van der Waals surface area (Å²) in [6, 6.07) is 17.6. The number of halogens is 1. The summed E-state index contributed by atoms with van der Waals surface area (Å²) in [5.41, 5.74) is 1.75. The Labute approximate surface area is 189 Å². The fraction of sp³-hybridized carbons (Fsp3) is 0.200. The van der Waals surface area contributed by atoms with Crippen LogP contribution in [0.4, 0.5) is 0 Å². The molecule has 0 radical (unpaired) electrons. The summed E-state index contributed by atoms with van der Waals surface area (Å²) in [6.07, 6.45) is 2.58. The maximum atomic E-state index is 12.5. The van der Waals surface area contributed by atoms with Gasteiger partial charge < -0.3 is 14.2 Å². The largest absolute Gasteiger partial charge is 0.490 e. The Morgan fingerprint density at radius 1 is 1.03 bits per heavy atom. The van der Waals surface area contributed by atoms with Crippen LogP contribution < -0.4 is 9.47 Å². The van der Waals surface area contributed by atoms with Gasteiger partial charge in [0.2, 0.25) is 5.90 Å². The highest BCUT2D eigenvalue weighted by atomic mass is 79.9. The minimum Gasteiger partial charge on any atom is -0.490 e. The van der Waals surface area contributed by atoms with E-state index in [9.17, 15) is 4.79 Å². The van der Waals surface area contributed by atoms with Crippen molar-refractivity contribution in [1.29, 1.82) is 0 Å². The number of carbonyl (C=O) groups excluding carboxylic acids is 1. The lowest BCUT2D eigenvalue weighted by molar-refractivity contribution is -0.129. The summed E-state index contributed by atoms with van der Waals surface area (Å²) in [7, 11) is 0. The molecule has 0 unspecified atom stereocenters. The highest BCUT2D eigenvalue weighted by Gasteiger charge is 2.24. The van der Waals surface area contributed by atoms with Crippen LogP contribution >= 0.6 is 15.9 Å². The Balaban J connectivity index is 1.67. The van der Waals surface area contributed by atoms with Gasteiger partial charge in [0.05, 0.1) is 17.7 Å². The quantitative estimate of drug-likeness (QED) is 0.301. The lowest BCUT2D eigenvalue weighted by atomic mass is 10.1. The molecular formula is C25H22BrNO4. The van der Waals surface area contributed by atoms with Gasteiger partial charge >= 0.3 is 5.97 Å². The van der Waals surface area contributed by atoms with E-state index in [0.717, 1.165) is 32.8 Å². The normalized spacial score (nSPS) is 14.6. The van der Waals surface area contributed by atoms with Crippen LogP contribution in [-0.2, 0) is 9.53 Å². The molecule has 0 spiro atoms. The Hall–Kier alpha value is -3.12. The number of fused-ring (bicyclic) bond motifs is 1. The SMILES string of the molecule is CCCOc1c(Br)cc(/C=C2\N=C(c3ccc4ccccc4c3)OC2=O)cc1OCC. The molecule has 0 aromatic heterocycles. The molecule has 0 atom stereocenters. The summed E-state index contributed by atoms with van der Waals surface area (Å²) in [6.45, 7) is 5.05. The number of nitrogens with zero attached hydrogens (tertiary/aromatic N) is 1. The molecule has 0 fully saturated rings. The zero-order valence-electron chi connectivity index (χ0n) is 17.4. The second kappa shape index (κ2) is 9.35. The predicted molar refractivity (Wildman–Crippen MR) is 126 cm³/mol. The van der Waals surface area contributed by atoms with E-state index in [2.05, 4.69) is 20.9 Å². The zero-order valence-corrected chi connectivity index (χ0v) is 18.9. The second-order valence-corrected chi connectivity index (χ2v) is 7.86. The van der Waals surface area contributed by atoms with Crippen LogP contribution in [0.5, 0.6) is 11.5 Å². The summed E-state index contributed by atoms with van der Waals surface area (Å²) in [4.78, 5) is 16.9. The van der Waals surface area contributed by atoms with Gasteiger partial charge in [-0.3, -0.25) is 0 Å². The Kier molecular flexibility index (Phi) is 6.37. The molecule has 1 aliphatic rings. The molecule has 31 heavy (non-hydrogen) atoms. The molecule has 1 heterocycles. The van der Waals surface area contributed by atoms with Crippen molar-refractivity contribution in [1.82, 2.24) is 0 Å². The lowest BCUT2D eigenvalue weighted by Crippen LogP contribution is -2.05. The summed E-state index contributed by atoms with van der Waals surface area (Å²) >= 11 is 3.55. The van der Waals surface area contributed by atoms with E-state index in [1.165, 1.54) is 0 Å². The lowest BCUT2D eigenvalue weighted by Gasteiger charge is -2.14. The van der Waals surface area contributed by atoms with Crippen LogP contribution in [0.3, 0.4) is 0 Å². The van der Waals surface area contributed by atoms with Crippen molar-refractivity contribution in [3.8, 4) is 11.5 Å². The summed E-state index contributed by atoms with van der Waals surface area (Å²) in [5.74, 6) is 1.08. The third-order valence-electron chi connectivity index (χ3n) is 4.70. The van der Waals surface area contributed by atoms with E-state index in [1.807, 2.05) is 68.4 Å². The number of hydrogen-bond donors (Lipinski definition) is 0. The molecule has 0 bridgehead atoms. The van der Waals surface area contributed by atoms with Gasteiger partial charge in [-0.15, -0.1) is 0 Å². The highest BCUT2D eigenvalue weighted by molar-refractivity contribution is 9.10. The number of hydrogen-bond acceptors (Lipinski definition) is 5. The molecule has 158 valence electrons. The van der Waals surface area contributed by atoms with Crippen LogP contribution in [0.1, 0.15) is 31.4 Å². The number of aliphatic imine (C=N–C) groups is 1. The van der Waals surface area contributed by atoms with Crippen molar-refractivity contribution in [3.05, 3.63) is 75.9 Å². The van der Waals surface area contributed by atoms with Gasteiger partial charge in [-0.2, -0.15) is 0 Å². The third-order valence-corrected chi connectivity index (χ3v) is 5.29. The van der Waals surface area contributed by atoms with Gasteiger partial charge in [0.25, 0.3) is 0 Å². The van der Waals surface area contributed by atoms with Crippen molar-refractivity contribution in [2.24, 2.45) is 4.99 Å². The molecule has 6 heteroatoms. The van der Waals surface area contributed by atoms with Crippen LogP contribution in [0.2, 0.25) is 0 Å². The average molecular weight is 480 g/mol. The minimum absolute atomic E-state index is 0.236. The van der Waals surface area contributed by atoms with Crippen LogP contribution in [-0.4, -0.2) is 25.1 Å². The molecular weight excluding hydrogens is 458 g/mol. The molecule has 0 amide bonds. The molecule has 0 N–H and O–H groups in total. The van der Waals surface area contributed by atoms with Crippen molar-refractivity contribution in [2.75, 3.05) is 13.2 Å². The topological polar surface area (TPSA) is 57.1 Å². The van der Waals surface area contributed by atoms with Gasteiger partial charge in [-0.25, -0.2) is 9.79 Å². The van der Waals surface area contributed by atoms with E-state index >= 15 is 0 Å². The molecule has 3 aromatic rings. The monoisotopic (exact) mass is 479 g/mol. The number of cyclic esters (lactones) is 1. The molecule has 0 saturated carbocycles. The highest BCUT2D eigenvalue weighted by Crippen LogP contribution is 2.38. The van der Waals surface area contributed by atoms with Crippen molar-refractivity contribution < 1.29 is 19.0 Å². The second-order valence-electron chi connectivity index (χ2n) is 7.01. The summed E-state index contributed by atoms with van der Waals surface area (Å²) < 4.78 is 17.8. The van der Waals surface area contributed by atoms with Gasteiger partial charge in [0.15, 0.2) is 17.2 Å². The number of carbonyl (C=O) groups is 1. The predicted octanol–water partition coefficient (Wildman–Crippen LogP) is 6.13. The Morgan fingerprint density at radius 2 is 1.84 bits per heavy atom. The first-order chi connectivity index (χ1) is 15.1. The number of esters is 1. The average Bonchev–Trinajstić information content (AvgIpc) is 3.13. The molecule has 1 aliphatic heterocycles. The minimum atomic E-state index is -0.483. The van der Waals surface area contributed by atoms with Gasteiger partial charge in [0.1, 0.15) is 0 Å². The standard InChI is InChI=1S/C25H22BrNO4/c1-3-11-30-23-20(26)12-16(14-22(23)29-4-2)13-21-25(28)31-24(27-21)19-10-9-17-7-5-6-8-18(17)15-19/h5-10,12-15H,3-4,11H2,1-2H3/b21-13-. The maximum Gasteiger partial charge on any atom is 0.363 e. The number of rotatable bonds is 7. The van der Waals surface area contributed by atoms with Crippen molar-refractivity contribution in [2.45, 2.75) is 20.3 Å². The van der Waals surface area contributed by atoms with E-state index < -0.39 is 5.97 Å². The van der Waals surface area contributed by atoms with E-state index in [0.29, 0.717) is 30.6 Å². The van der Waals surface area contributed by atoms with E-state index in [-0.39, 0.29) is 5.70 Å². The molecule has 0 aliphatic carbocycles. The Bertz CT molecular complexity index is 1200. The maximum absolute atomic E-state index is 12.5. The first-order valence-corrected chi connectivity index (χ1v) is 11.0. The molecule has 3 aromatic carbocycles. The van der Waals surface area contributed by atoms with Crippen LogP contribution in [0.25, 0.3) is 16.8 Å². The summed E-state index contributed by atoms with van der Waals surface area (Å²) in [5, 5.41) is 2.18. The third kappa shape index (κ3) is 4.64. The number of benzene rings is 3. The van der Waals surface area contributed by atoms with Crippen LogP contribution in [0, 0.1) is 0 Å². The van der Waals surface area contributed by atoms with Crippen molar-refractivity contribution >= 4 is 44.6 Å². The molecule has 4 rings (SSSR count). The fourth-order valence-electron chi connectivity index (χ4n) is 3.29. The number of ether oxygens (including phenoxy) is 3. The first kappa shape index (κ1) is 21.1. The first-order valence-electron chi connectivity index (χ1n) is 10.2. The van der Waals surface area contributed by atoms with E-state index in [1.54, 1.807) is 6.08 Å². The smallest absolute Gasteiger partial charge is 0.363 e. The van der Waals surface area contributed by atoms with Crippen molar-refractivity contribution in [3.63, 3.8) is 0 Å². The van der Waals surface area contributed by atoms with Gasteiger partial charge in [0, 0.05) is 5.56 Å². The van der Waals surface area contributed by atoms with Crippen LogP contribution in [0.15, 0.2) is 69.8 Å². The fourth-order valence-corrected chi connectivity index (χ4v) is 3.87. The zero-order chi connectivity index (χ0) is 21.8. The molecule has 5 nitrogen and oxygen atoms in total. The molecule has 0 saturated heterocycles. The van der Waals surface area contributed by atoms with Gasteiger partial charge in [-0.05, 0) is 76.0 Å². The Morgan fingerprint density at radius 3 is 2.61 bits per heavy atom. The van der Waals surface area contributed by atoms with Gasteiger partial charge in [-0.1, -0.05) is 37.3 Å². The van der Waals surface area contributed by atoms with E-state index in [4.69, 9.17) is 14.2 Å².